The number of carbonyl (C=O) groups is 1. The number of carboxylic acid groups (broad SMARTS) is 1. The van der Waals surface area contributed by atoms with E-state index in [-0.39, 0.29) is 6.54 Å². The monoisotopic (exact) mass is 197 g/mol. The molecular formula is C9H15N3O2. The van der Waals surface area contributed by atoms with Crippen molar-refractivity contribution in [3.63, 3.8) is 0 Å². The third-order valence-corrected chi connectivity index (χ3v) is 2.01. The third kappa shape index (κ3) is 2.32. The number of imidazole rings is 1. The highest BCUT2D eigenvalue weighted by molar-refractivity contribution is 5.72. The van der Waals surface area contributed by atoms with E-state index in [0.29, 0.717) is 0 Å². The van der Waals surface area contributed by atoms with Crippen molar-refractivity contribution in [2.75, 3.05) is 0 Å². The first-order valence-electron chi connectivity index (χ1n) is 4.55. The van der Waals surface area contributed by atoms with Crippen molar-refractivity contribution in [2.45, 2.75) is 32.9 Å². The minimum atomic E-state index is -0.988. The molecule has 5 heteroatoms. The Morgan fingerprint density at radius 2 is 2.43 bits per heavy atom. The zero-order valence-electron chi connectivity index (χ0n) is 8.40. The fraction of sp³-hybridized carbons (Fsp3) is 0.556. The molecule has 0 aliphatic heterocycles. The summed E-state index contributed by atoms with van der Waals surface area (Å²) in [4.78, 5) is 14.8. The van der Waals surface area contributed by atoms with Crippen LogP contribution in [0.25, 0.3) is 0 Å². The lowest BCUT2D eigenvalue weighted by molar-refractivity contribution is -0.138. The Bertz CT molecular complexity index is 333. The molecule has 1 unspecified atom stereocenters. The van der Waals surface area contributed by atoms with Crippen LogP contribution in [0.1, 0.15) is 18.4 Å². The smallest absolute Gasteiger partial charge is 0.322 e. The maximum absolute atomic E-state index is 10.6. The minimum absolute atomic E-state index is 0.277. The van der Waals surface area contributed by atoms with E-state index in [1.807, 2.05) is 20.0 Å². The fourth-order valence-electron chi connectivity index (χ4n) is 1.33. The lowest BCUT2D eigenvalue weighted by Crippen LogP contribution is -2.34. The summed E-state index contributed by atoms with van der Waals surface area (Å²) in [5.74, 6) is -0.113. The van der Waals surface area contributed by atoms with Crippen LogP contribution in [-0.4, -0.2) is 26.7 Å². The molecule has 0 aromatic carbocycles. The van der Waals surface area contributed by atoms with Crippen LogP contribution >= 0.6 is 0 Å². The maximum atomic E-state index is 10.6. The molecule has 1 atom stereocenters. The van der Waals surface area contributed by atoms with Gasteiger partial charge in [-0.15, -0.1) is 0 Å². The van der Waals surface area contributed by atoms with Gasteiger partial charge < -0.3 is 15.4 Å². The summed E-state index contributed by atoms with van der Waals surface area (Å²) in [6.45, 7) is 4.13. The Hall–Kier alpha value is -1.36. The standard InChI is InChI=1S/C9H15N3O2/c1-3-8-11-6(2)4-12(8)5-7(10)9(13)14/h4,7H,3,5,10H2,1-2H3,(H,13,14). The SMILES string of the molecule is CCc1nc(C)cn1CC(N)C(=O)O. The minimum Gasteiger partial charge on any atom is -0.480 e. The van der Waals surface area contributed by atoms with E-state index in [1.54, 1.807) is 4.57 Å². The molecule has 0 saturated heterocycles. The predicted molar refractivity (Wildman–Crippen MR) is 52.0 cm³/mol. The molecule has 0 spiro atoms. The van der Waals surface area contributed by atoms with E-state index in [9.17, 15) is 4.79 Å². The van der Waals surface area contributed by atoms with Gasteiger partial charge in [0.25, 0.3) is 0 Å². The largest absolute Gasteiger partial charge is 0.480 e. The summed E-state index contributed by atoms with van der Waals surface area (Å²) in [6, 6.07) is -0.867. The zero-order chi connectivity index (χ0) is 10.7. The molecule has 0 aliphatic rings. The topological polar surface area (TPSA) is 81.1 Å². The highest BCUT2D eigenvalue weighted by Gasteiger charge is 2.14. The molecule has 0 bridgehead atoms. The second-order valence-electron chi connectivity index (χ2n) is 3.25. The van der Waals surface area contributed by atoms with Crippen molar-refractivity contribution in [3.05, 3.63) is 17.7 Å². The van der Waals surface area contributed by atoms with Crippen LogP contribution < -0.4 is 5.73 Å². The van der Waals surface area contributed by atoms with Gasteiger partial charge in [-0.2, -0.15) is 0 Å². The summed E-state index contributed by atoms with van der Waals surface area (Å²) >= 11 is 0. The number of aromatic nitrogens is 2. The van der Waals surface area contributed by atoms with Crippen LogP contribution in [0.4, 0.5) is 0 Å². The lowest BCUT2D eigenvalue weighted by atomic mass is 10.3. The molecule has 0 radical (unpaired) electrons. The predicted octanol–water partition coefficient (Wildman–Crippen LogP) is 0.166. The molecule has 0 saturated carbocycles. The van der Waals surface area contributed by atoms with Gasteiger partial charge in [-0.3, -0.25) is 4.79 Å². The van der Waals surface area contributed by atoms with E-state index < -0.39 is 12.0 Å². The first-order chi connectivity index (χ1) is 6.54. The van der Waals surface area contributed by atoms with Gasteiger partial charge in [0.1, 0.15) is 11.9 Å². The second kappa shape index (κ2) is 4.23. The number of rotatable bonds is 4. The Balaban J connectivity index is 2.79. The van der Waals surface area contributed by atoms with Crippen molar-refractivity contribution < 1.29 is 9.90 Å². The molecule has 14 heavy (non-hydrogen) atoms. The first kappa shape index (κ1) is 10.7. The highest BCUT2D eigenvalue weighted by Crippen LogP contribution is 2.04. The second-order valence-corrected chi connectivity index (χ2v) is 3.25. The normalized spacial score (nSPS) is 12.8. The molecule has 5 nitrogen and oxygen atoms in total. The van der Waals surface area contributed by atoms with Gasteiger partial charge in [-0.05, 0) is 6.92 Å². The van der Waals surface area contributed by atoms with Crippen LogP contribution in [0.3, 0.4) is 0 Å². The molecule has 0 amide bonds. The fourth-order valence-corrected chi connectivity index (χ4v) is 1.33. The highest BCUT2D eigenvalue weighted by atomic mass is 16.4. The van der Waals surface area contributed by atoms with Crippen LogP contribution in [0.5, 0.6) is 0 Å². The molecule has 0 aliphatic carbocycles. The maximum Gasteiger partial charge on any atom is 0.322 e. The number of hydrogen-bond acceptors (Lipinski definition) is 3. The quantitative estimate of drug-likeness (QED) is 0.720. The number of carboxylic acids is 1. The molecule has 78 valence electrons. The number of nitrogens with two attached hydrogens (primary N) is 1. The van der Waals surface area contributed by atoms with Gasteiger partial charge in [0.05, 0.1) is 5.69 Å². The Morgan fingerprint density at radius 3 is 2.93 bits per heavy atom. The van der Waals surface area contributed by atoms with E-state index in [2.05, 4.69) is 4.98 Å². The van der Waals surface area contributed by atoms with Gasteiger partial charge in [-0.1, -0.05) is 6.92 Å². The molecule has 1 rings (SSSR count). The summed E-state index contributed by atoms with van der Waals surface area (Å²) in [5.41, 5.74) is 6.32. The summed E-state index contributed by atoms with van der Waals surface area (Å²) < 4.78 is 1.80. The number of hydrogen-bond donors (Lipinski definition) is 2. The Morgan fingerprint density at radius 1 is 1.79 bits per heavy atom. The van der Waals surface area contributed by atoms with E-state index >= 15 is 0 Å². The van der Waals surface area contributed by atoms with E-state index in [4.69, 9.17) is 10.8 Å². The zero-order valence-corrected chi connectivity index (χ0v) is 8.40. The van der Waals surface area contributed by atoms with Crippen LogP contribution in [0.2, 0.25) is 0 Å². The summed E-state index contributed by atoms with van der Waals surface area (Å²) in [5, 5.41) is 8.65. The van der Waals surface area contributed by atoms with Crippen molar-refractivity contribution >= 4 is 5.97 Å². The van der Waals surface area contributed by atoms with Crippen molar-refractivity contribution in [3.8, 4) is 0 Å². The van der Waals surface area contributed by atoms with Gasteiger partial charge in [0.15, 0.2) is 0 Å². The number of aryl methyl sites for hydroxylation is 2. The van der Waals surface area contributed by atoms with Gasteiger partial charge >= 0.3 is 5.97 Å². The van der Waals surface area contributed by atoms with Crippen molar-refractivity contribution in [2.24, 2.45) is 5.73 Å². The molecule has 0 fully saturated rings. The van der Waals surface area contributed by atoms with Crippen LogP contribution in [-0.2, 0) is 17.8 Å². The molecule has 1 aromatic heterocycles. The van der Waals surface area contributed by atoms with E-state index in [1.165, 1.54) is 0 Å². The molecular weight excluding hydrogens is 182 g/mol. The van der Waals surface area contributed by atoms with Crippen molar-refractivity contribution in [1.82, 2.24) is 9.55 Å². The van der Waals surface area contributed by atoms with Gasteiger partial charge in [0, 0.05) is 19.2 Å². The Kier molecular flexibility index (Phi) is 3.24. The van der Waals surface area contributed by atoms with Gasteiger partial charge in [-0.25, -0.2) is 4.98 Å². The number of aliphatic carboxylic acids is 1. The molecule has 3 N–H and O–H groups in total. The van der Waals surface area contributed by atoms with Crippen molar-refractivity contribution in [1.29, 1.82) is 0 Å². The third-order valence-electron chi connectivity index (χ3n) is 2.01. The van der Waals surface area contributed by atoms with Gasteiger partial charge in [0.2, 0.25) is 0 Å². The Labute approximate surface area is 82.6 Å². The number of nitrogens with zero attached hydrogens (tertiary/aromatic N) is 2. The average Bonchev–Trinajstić information content (AvgIpc) is 2.45. The summed E-state index contributed by atoms with van der Waals surface area (Å²) in [7, 11) is 0. The molecule has 1 aromatic rings. The van der Waals surface area contributed by atoms with Crippen LogP contribution in [0, 0.1) is 6.92 Å². The summed E-state index contributed by atoms with van der Waals surface area (Å²) in [6.07, 6.45) is 2.60. The van der Waals surface area contributed by atoms with E-state index in [0.717, 1.165) is 17.9 Å². The molecule has 1 heterocycles. The first-order valence-corrected chi connectivity index (χ1v) is 4.55. The lowest BCUT2D eigenvalue weighted by Gasteiger charge is -2.09. The average molecular weight is 197 g/mol. The van der Waals surface area contributed by atoms with Crippen LogP contribution in [0.15, 0.2) is 6.20 Å².